The number of aromatic nitrogens is 2. The maximum absolute atomic E-state index is 13.4. The number of pyridine rings is 1. The Morgan fingerprint density at radius 2 is 2.00 bits per heavy atom. The number of carbonyl (C=O) groups excluding carboxylic acids is 2. The van der Waals surface area contributed by atoms with Crippen LogP contribution in [-0.2, 0) is 0 Å². The van der Waals surface area contributed by atoms with E-state index >= 15 is 0 Å². The molecule has 1 N–H and O–H groups in total. The monoisotopic (exact) mass is 408 g/mol. The third kappa shape index (κ3) is 3.68. The van der Waals surface area contributed by atoms with Crippen LogP contribution in [0.3, 0.4) is 0 Å². The maximum Gasteiger partial charge on any atom is 0.328 e. The third-order valence-electron chi connectivity index (χ3n) is 5.30. The van der Waals surface area contributed by atoms with Gasteiger partial charge >= 0.3 is 6.03 Å². The first-order valence-electron chi connectivity index (χ1n) is 9.85. The molecule has 0 aliphatic carbocycles. The number of ketones is 1. The molecule has 7 heteroatoms. The molecule has 2 atom stereocenters. The van der Waals surface area contributed by atoms with Crippen molar-refractivity contribution in [2.45, 2.75) is 25.3 Å². The molecule has 1 aromatic carbocycles. The van der Waals surface area contributed by atoms with Crippen molar-refractivity contribution in [2.75, 3.05) is 18.8 Å². The SMILES string of the molecule is CCN(CC)C(=O)n1cc(C(=O)C2CSC(c3cccnc3)N2)c2ccccc21. The van der Waals surface area contributed by atoms with Crippen LogP contribution >= 0.6 is 11.8 Å². The summed E-state index contributed by atoms with van der Waals surface area (Å²) in [5.41, 5.74) is 2.42. The first-order valence-corrected chi connectivity index (χ1v) is 10.9. The topological polar surface area (TPSA) is 67.2 Å². The molecule has 4 rings (SSSR count). The number of rotatable bonds is 5. The number of thioether (sulfide) groups is 1. The van der Waals surface area contributed by atoms with Crippen LogP contribution in [0.25, 0.3) is 10.9 Å². The van der Waals surface area contributed by atoms with Crippen molar-refractivity contribution in [1.82, 2.24) is 19.8 Å². The Kier molecular flexibility index (Phi) is 5.69. The number of hydrogen-bond acceptors (Lipinski definition) is 5. The van der Waals surface area contributed by atoms with E-state index in [1.165, 1.54) is 0 Å². The van der Waals surface area contributed by atoms with Crippen LogP contribution in [0.2, 0.25) is 0 Å². The minimum atomic E-state index is -0.298. The van der Waals surface area contributed by atoms with Crippen molar-refractivity contribution in [3.05, 3.63) is 66.1 Å². The van der Waals surface area contributed by atoms with Crippen LogP contribution in [-0.4, -0.2) is 51.1 Å². The van der Waals surface area contributed by atoms with Gasteiger partial charge in [-0.25, -0.2) is 4.79 Å². The molecule has 3 aromatic rings. The number of amides is 1. The average molecular weight is 409 g/mol. The lowest BCUT2D eigenvalue weighted by Gasteiger charge is -2.19. The van der Waals surface area contributed by atoms with Gasteiger partial charge in [0, 0.05) is 48.4 Å². The molecule has 0 radical (unpaired) electrons. The Balaban J connectivity index is 1.64. The van der Waals surface area contributed by atoms with E-state index in [-0.39, 0.29) is 23.2 Å². The number of hydrogen-bond donors (Lipinski definition) is 1. The summed E-state index contributed by atoms with van der Waals surface area (Å²) in [6, 6.07) is 11.1. The van der Waals surface area contributed by atoms with Crippen LogP contribution in [0, 0.1) is 0 Å². The number of nitrogens with one attached hydrogen (secondary N) is 1. The van der Waals surface area contributed by atoms with Gasteiger partial charge in [-0.2, -0.15) is 0 Å². The number of fused-ring (bicyclic) bond motifs is 1. The molecule has 2 aromatic heterocycles. The van der Waals surface area contributed by atoms with Gasteiger partial charge in [0.1, 0.15) is 0 Å². The number of Topliss-reactive ketones (excluding diaryl/α,β-unsaturated/α-hetero) is 1. The van der Waals surface area contributed by atoms with Crippen molar-refractivity contribution in [2.24, 2.45) is 0 Å². The molecule has 0 bridgehead atoms. The molecular weight excluding hydrogens is 384 g/mol. The third-order valence-corrected chi connectivity index (χ3v) is 6.57. The quantitative estimate of drug-likeness (QED) is 0.648. The maximum atomic E-state index is 13.4. The molecule has 150 valence electrons. The number of nitrogens with zero attached hydrogens (tertiary/aromatic N) is 3. The second kappa shape index (κ2) is 8.39. The van der Waals surface area contributed by atoms with Crippen molar-refractivity contribution < 1.29 is 9.59 Å². The molecule has 3 heterocycles. The number of benzene rings is 1. The summed E-state index contributed by atoms with van der Waals surface area (Å²) in [7, 11) is 0. The summed E-state index contributed by atoms with van der Waals surface area (Å²) in [5.74, 6) is 0.702. The lowest BCUT2D eigenvalue weighted by Crippen LogP contribution is -2.35. The van der Waals surface area contributed by atoms with Gasteiger partial charge < -0.3 is 4.90 Å². The van der Waals surface area contributed by atoms with Crippen LogP contribution in [0.1, 0.15) is 35.1 Å². The minimum absolute atomic E-state index is 0.0196. The largest absolute Gasteiger partial charge is 0.328 e. The van der Waals surface area contributed by atoms with Gasteiger partial charge in [-0.15, -0.1) is 11.8 Å². The van der Waals surface area contributed by atoms with E-state index in [0.29, 0.717) is 24.4 Å². The number of para-hydroxylation sites is 1. The second-order valence-electron chi connectivity index (χ2n) is 6.97. The summed E-state index contributed by atoms with van der Waals surface area (Å²) in [6.07, 6.45) is 5.27. The standard InChI is InChI=1S/C22H24N4O2S/c1-3-25(4-2)22(28)26-13-17(16-9-5-6-10-19(16)26)20(27)18-14-29-21(24-18)15-8-7-11-23-12-15/h5-13,18,21,24H,3-4,14H2,1-2H3. The Hall–Kier alpha value is -2.64. The number of carbonyl (C=O) groups is 2. The Bertz CT molecular complexity index is 1030. The summed E-state index contributed by atoms with van der Waals surface area (Å²) < 4.78 is 1.61. The lowest BCUT2D eigenvalue weighted by molar-refractivity contribution is 0.0957. The van der Waals surface area contributed by atoms with Gasteiger partial charge in [0.25, 0.3) is 0 Å². The van der Waals surface area contributed by atoms with E-state index in [1.807, 2.05) is 56.4 Å². The summed E-state index contributed by atoms with van der Waals surface area (Å²) in [5, 5.41) is 4.28. The van der Waals surface area contributed by atoms with Crippen LogP contribution in [0.15, 0.2) is 55.0 Å². The van der Waals surface area contributed by atoms with E-state index < -0.39 is 0 Å². The highest BCUT2D eigenvalue weighted by Gasteiger charge is 2.33. The van der Waals surface area contributed by atoms with Crippen molar-refractivity contribution in [3.63, 3.8) is 0 Å². The molecule has 1 saturated heterocycles. The summed E-state index contributed by atoms with van der Waals surface area (Å²) in [4.78, 5) is 32.2. The van der Waals surface area contributed by atoms with Crippen molar-refractivity contribution >= 4 is 34.5 Å². The highest BCUT2D eigenvalue weighted by molar-refractivity contribution is 7.99. The van der Waals surface area contributed by atoms with Gasteiger partial charge in [0.15, 0.2) is 5.78 Å². The van der Waals surface area contributed by atoms with Gasteiger partial charge in [0.05, 0.1) is 16.9 Å². The highest BCUT2D eigenvalue weighted by Crippen LogP contribution is 2.34. The van der Waals surface area contributed by atoms with E-state index in [0.717, 1.165) is 16.5 Å². The molecular formula is C22H24N4O2S. The Morgan fingerprint density at radius 1 is 1.21 bits per heavy atom. The van der Waals surface area contributed by atoms with E-state index in [2.05, 4.69) is 10.3 Å². The average Bonchev–Trinajstić information content (AvgIpc) is 3.40. The van der Waals surface area contributed by atoms with E-state index in [4.69, 9.17) is 0 Å². The molecule has 1 amide bonds. The van der Waals surface area contributed by atoms with Crippen LogP contribution < -0.4 is 5.32 Å². The van der Waals surface area contributed by atoms with Gasteiger partial charge in [0.2, 0.25) is 0 Å². The zero-order valence-corrected chi connectivity index (χ0v) is 17.4. The first-order chi connectivity index (χ1) is 14.1. The predicted octanol–water partition coefficient (Wildman–Crippen LogP) is 3.93. The fraction of sp³-hybridized carbons (Fsp3) is 0.318. The second-order valence-corrected chi connectivity index (χ2v) is 8.11. The Morgan fingerprint density at radius 3 is 2.72 bits per heavy atom. The fourth-order valence-corrected chi connectivity index (χ4v) is 4.94. The van der Waals surface area contributed by atoms with Crippen LogP contribution in [0.5, 0.6) is 0 Å². The predicted molar refractivity (Wildman–Crippen MR) is 116 cm³/mol. The summed E-state index contributed by atoms with van der Waals surface area (Å²) >= 11 is 1.70. The summed E-state index contributed by atoms with van der Waals surface area (Å²) in [6.45, 7) is 5.16. The van der Waals surface area contributed by atoms with Gasteiger partial charge in [-0.3, -0.25) is 19.7 Å². The normalized spacial score (nSPS) is 18.8. The Labute approximate surface area is 174 Å². The van der Waals surface area contributed by atoms with Crippen LogP contribution in [0.4, 0.5) is 4.79 Å². The first kappa shape index (κ1) is 19.7. The van der Waals surface area contributed by atoms with Gasteiger partial charge in [-0.05, 0) is 31.5 Å². The molecule has 29 heavy (non-hydrogen) atoms. The zero-order chi connectivity index (χ0) is 20.4. The van der Waals surface area contributed by atoms with E-state index in [9.17, 15) is 9.59 Å². The molecule has 0 spiro atoms. The van der Waals surface area contributed by atoms with Gasteiger partial charge in [-0.1, -0.05) is 24.3 Å². The highest BCUT2D eigenvalue weighted by atomic mass is 32.2. The van der Waals surface area contributed by atoms with E-state index in [1.54, 1.807) is 33.6 Å². The molecule has 1 fully saturated rings. The minimum Gasteiger partial charge on any atom is -0.325 e. The smallest absolute Gasteiger partial charge is 0.325 e. The molecule has 1 aliphatic heterocycles. The fourth-order valence-electron chi connectivity index (χ4n) is 3.71. The molecule has 6 nitrogen and oxygen atoms in total. The molecule has 2 unspecified atom stereocenters. The van der Waals surface area contributed by atoms with Crippen molar-refractivity contribution in [3.8, 4) is 0 Å². The molecule has 0 saturated carbocycles. The van der Waals surface area contributed by atoms with Crippen molar-refractivity contribution in [1.29, 1.82) is 0 Å². The molecule has 1 aliphatic rings. The lowest BCUT2D eigenvalue weighted by atomic mass is 10.0. The zero-order valence-electron chi connectivity index (χ0n) is 16.5.